The van der Waals surface area contributed by atoms with Crippen molar-refractivity contribution in [3.05, 3.63) is 21.3 Å². The van der Waals surface area contributed by atoms with Crippen molar-refractivity contribution >= 4 is 41.3 Å². The van der Waals surface area contributed by atoms with Gasteiger partial charge in [0.05, 0.1) is 16.4 Å². The zero-order valence-corrected chi connectivity index (χ0v) is 12.5. The lowest BCUT2D eigenvalue weighted by Crippen LogP contribution is -2.54. The lowest BCUT2D eigenvalue weighted by molar-refractivity contribution is -0.127. The van der Waals surface area contributed by atoms with E-state index in [-0.39, 0.29) is 18.3 Å². The Morgan fingerprint density at radius 2 is 2.06 bits per heavy atom. The van der Waals surface area contributed by atoms with E-state index in [1.807, 2.05) is 12.1 Å². The molecule has 6 heteroatoms. The highest BCUT2D eigenvalue weighted by Gasteiger charge is 2.34. The molecule has 1 heterocycles. The highest BCUT2D eigenvalue weighted by molar-refractivity contribution is 7.16. The van der Waals surface area contributed by atoms with Gasteiger partial charge in [0.2, 0.25) is 5.91 Å². The molecule has 0 saturated heterocycles. The number of hydrogen-bond donors (Lipinski definition) is 2. The van der Waals surface area contributed by atoms with Crippen LogP contribution in [-0.4, -0.2) is 11.4 Å². The van der Waals surface area contributed by atoms with E-state index in [2.05, 4.69) is 5.32 Å². The third kappa shape index (κ3) is 3.85. The summed E-state index contributed by atoms with van der Waals surface area (Å²) < 4.78 is 0.745. The second kappa shape index (κ2) is 6.75. The molecule has 0 aromatic carbocycles. The van der Waals surface area contributed by atoms with Gasteiger partial charge in [-0.3, -0.25) is 4.79 Å². The minimum atomic E-state index is -0.653. The zero-order valence-electron chi connectivity index (χ0n) is 10.1. The van der Waals surface area contributed by atoms with Crippen molar-refractivity contribution in [3.8, 4) is 0 Å². The molecule has 1 saturated carbocycles. The van der Waals surface area contributed by atoms with Crippen molar-refractivity contribution < 1.29 is 4.79 Å². The molecule has 0 aliphatic heterocycles. The molecule has 3 nitrogen and oxygen atoms in total. The summed E-state index contributed by atoms with van der Waals surface area (Å²) in [5.74, 6) is -0.0262. The van der Waals surface area contributed by atoms with E-state index in [0.29, 0.717) is 6.54 Å². The van der Waals surface area contributed by atoms with Crippen LogP contribution in [0, 0.1) is 0 Å². The number of carbonyl (C=O) groups is 1. The van der Waals surface area contributed by atoms with Gasteiger partial charge in [0.15, 0.2) is 0 Å². The van der Waals surface area contributed by atoms with Crippen molar-refractivity contribution in [2.24, 2.45) is 5.73 Å². The Hall–Kier alpha value is -0.290. The van der Waals surface area contributed by atoms with Gasteiger partial charge in [0.25, 0.3) is 0 Å². The molecule has 102 valence electrons. The van der Waals surface area contributed by atoms with Crippen LogP contribution in [0.2, 0.25) is 4.34 Å². The summed E-state index contributed by atoms with van der Waals surface area (Å²) in [6.07, 6.45) is 4.88. The quantitative estimate of drug-likeness (QED) is 0.901. The predicted molar refractivity (Wildman–Crippen MR) is 78.4 cm³/mol. The van der Waals surface area contributed by atoms with Crippen molar-refractivity contribution in [1.29, 1.82) is 0 Å². The summed E-state index contributed by atoms with van der Waals surface area (Å²) in [5.41, 5.74) is 5.48. The molecular formula is C12H18Cl2N2OS. The fourth-order valence-electron chi connectivity index (χ4n) is 2.20. The normalized spacial score (nSPS) is 17.9. The van der Waals surface area contributed by atoms with Crippen molar-refractivity contribution in [1.82, 2.24) is 5.32 Å². The molecule has 3 N–H and O–H groups in total. The number of hydrogen-bond acceptors (Lipinski definition) is 3. The summed E-state index contributed by atoms with van der Waals surface area (Å²) in [6.45, 7) is 0.523. The number of amides is 1. The highest BCUT2D eigenvalue weighted by Crippen LogP contribution is 2.26. The first-order chi connectivity index (χ1) is 8.10. The Morgan fingerprint density at radius 3 is 2.61 bits per heavy atom. The molecule has 2 rings (SSSR count). The molecule has 1 aromatic rings. The molecule has 1 aliphatic rings. The maximum atomic E-state index is 12.0. The number of carbonyl (C=O) groups excluding carboxylic acids is 1. The van der Waals surface area contributed by atoms with Crippen LogP contribution in [0.25, 0.3) is 0 Å². The van der Waals surface area contributed by atoms with Crippen LogP contribution in [0.4, 0.5) is 0 Å². The number of rotatable bonds is 3. The van der Waals surface area contributed by atoms with Gasteiger partial charge >= 0.3 is 0 Å². The van der Waals surface area contributed by atoms with Gasteiger partial charge in [0.1, 0.15) is 0 Å². The predicted octanol–water partition coefficient (Wildman–Crippen LogP) is 3.10. The van der Waals surface area contributed by atoms with Crippen LogP contribution < -0.4 is 11.1 Å². The Balaban J connectivity index is 0.00000162. The van der Waals surface area contributed by atoms with Gasteiger partial charge in [-0.2, -0.15) is 0 Å². The van der Waals surface area contributed by atoms with Crippen molar-refractivity contribution in [2.45, 2.75) is 44.2 Å². The van der Waals surface area contributed by atoms with Gasteiger partial charge in [-0.25, -0.2) is 0 Å². The van der Waals surface area contributed by atoms with Gasteiger partial charge in [-0.05, 0) is 25.0 Å². The molecule has 1 aliphatic carbocycles. The molecule has 1 aromatic heterocycles. The third-order valence-electron chi connectivity index (χ3n) is 3.25. The molecule has 1 fully saturated rings. The maximum absolute atomic E-state index is 12.0. The van der Waals surface area contributed by atoms with Crippen LogP contribution in [0.15, 0.2) is 12.1 Å². The Kier molecular flexibility index (Phi) is 5.92. The van der Waals surface area contributed by atoms with E-state index in [1.54, 1.807) is 0 Å². The molecule has 0 atom stereocenters. The lowest BCUT2D eigenvalue weighted by atomic mass is 9.82. The monoisotopic (exact) mass is 308 g/mol. The Bertz CT molecular complexity index is 403. The minimum absolute atomic E-state index is 0. The van der Waals surface area contributed by atoms with Crippen LogP contribution in [0.3, 0.4) is 0 Å². The van der Waals surface area contributed by atoms with Gasteiger partial charge in [-0.1, -0.05) is 30.9 Å². The number of halogens is 2. The second-order valence-electron chi connectivity index (χ2n) is 4.61. The van der Waals surface area contributed by atoms with E-state index >= 15 is 0 Å². The summed E-state index contributed by atoms with van der Waals surface area (Å²) >= 11 is 7.32. The maximum Gasteiger partial charge on any atom is 0.240 e. The first kappa shape index (κ1) is 15.8. The van der Waals surface area contributed by atoms with Gasteiger partial charge in [0, 0.05) is 4.88 Å². The second-order valence-corrected chi connectivity index (χ2v) is 6.40. The summed E-state index contributed by atoms with van der Waals surface area (Å²) in [6, 6.07) is 3.77. The molecule has 0 radical (unpaired) electrons. The topological polar surface area (TPSA) is 55.1 Å². The largest absolute Gasteiger partial charge is 0.350 e. The van der Waals surface area contributed by atoms with Gasteiger partial charge in [-0.15, -0.1) is 23.7 Å². The number of nitrogens with one attached hydrogen (secondary N) is 1. The van der Waals surface area contributed by atoms with Gasteiger partial charge < -0.3 is 11.1 Å². The van der Waals surface area contributed by atoms with Crippen LogP contribution >= 0.6 is 35.3 Å². The number of thiophene rings is 1. The lowest BCUT2D eigenvalue weighted by Gasteiger charge is -2.31. The summed E-state index contributed by atoms with van der Waals surface area (Å²) in [7, 11) is 0. The molecule has 18 heavy (non-hydrogen) atoms. The fraction of sp³-hybridized carbons (Fsp3) is 0.583. The van der Waals surface area contributed by atoms with Crippen LogP contribution in [0.5, 0.6) is 0 Å². The SMILES string of the molecule is Cl.NC1(C(=O)NCc2ccc(Cl)s2)CCCCC1. The van der Waals surface area contributed by atoms with Crippen molar-refractivity contribution in [3.63, 3.8) is 0 Å². The fourth-order valence-corrected chi connectivity index (χ4v) is 3.23. The first-order valence-corrected chi connectivity index (χ1v) is 7.11. The molecule has 0 spiro atoms. The molecule has 0 unspecified atom stereocenters. The summed E-state index contributed by atoms with van der Waals surface area (Å²) in [4.78, 5) is 13.1. The average molecular weight is 309 g/mol. The average Bonchev–Trinajstić information content (AvgIpc) is 2.73. The number of nitrogens with two attached hydrogens (primary N) is 1. The molecule has 0 bridgehead atoms. The third-order valence-corrected chi connectivity index (χ3v) is 4.48. The van der Waals surface area contributed by atoms with E-state index in [0.717, 1.165) is 34.9 Å². The first-order valence-electron chi connectivity index (χ1n) is 5.91. The Labute approximate surface area is 122 Å². The van der Waals surface area contributed by atoms with E-state index in [4.69, 9.17) is 17.3 Å². The van der Waals surface area contributed by atoms with Crippen molar-refractivity contribution in [2.75, 3.05) is 0 Å². The van der Waals surface area contributed by atoms with E-state index in [1.165, 1.54) is 17.8 Å². The van der Waals surface area contributed by atoms with E-state index in [9.17, 15) is 4.79 Å². The van der Waals surface area contributed by atoms with Crippen LogP contribution in [-0.2, 0) is 11.3 Å². The molecular weight excluding hydrogens is 291 g/mol. The summed E-state index contributed by atoms with van der Waals surface area (Å²) in [5, 5.41) is 2.91. The Morgan fingerprint density at radius 1 is 1.39 bits per heavy atom. The smallest absolute Gasteiger partial charge is 0.240 e. The van der Waals surface area contributed by atoms with E-state index < -0.39 is 5.54 Å². The highest BCUT2D eigenvalue weighted by atomic mass is 35.5. The van der Waals surface area contributed by atoms with Crippen LogP contribution in [0.1, 0.15) is 37.0 Å². The standard InChI is InChI=1S/C12H17ClN2OS.ClH/c13-10-5-4-9(17-10)8-15-11(16)12(14)6-2-1-3-7-12;/h4-5H,1-3,6-8,14H2,(H,15,16);1H. The molecule has 1 amide bonds. The zero-order chi connectivity index (χ0) is 12.3. The minimum Gasteiger partial charge on any atom is -0.350 e.